The highest BCUT2D eigenvalue weighted by atomic mass is 16.4. The first kappa shape index (κ1) is 16.5. The van der Waals surface area contributed by atoms with E-state index in [1.54, 1.807) is 0 Å². The van der Waals surface area contributed by atoms with E-state index in [0.717, 1.165) is 19.4 Å². The number of amides is 1. The number of hydrogen-bond acceptors (Lipinski definition) is 2. The van der Waals surface area contributed by atoms with Crippen molar-refractivity contribution in [3.05, 3.63) is 35.9 Å². The molecule has 1 aliphatic rings. The largest absolute Gasteiger partial charge is 0.481 e. The van der Waals surface area contributed by atoms with Crippen LogP contribution in [0.5, 0.6) is 0 Å². The van der Waals surface area contributed by atoms with Crippen molar-refractivity contribution in [2.75, 3.05) is 13.1 Å². The zero-order chi connectivity index (χ0) is 15.9. The van der Waals surface area contributed by atoms with Gasteiger partial charge in [0, 0.05) is 25.9 Å². The molecule has 0 spiro atoms. The van der Waals surface area contributed by atoms with Crippen LogP contribution in [-0.2, 0) is 9.59 Å². The van der Waals surface area contributed by atoms with Crippen LogP contribution < -0.4 is 0 Å². The molecular formula is C18H25NO3. The van der Waals surface area contributed by atoms with Crippen LogP contribution in [0.1, 0.15) is 50.5 Å². The highest BCUT2D eigenvalue weighted by molar-refractivity contribution is 5.77. The van der Waals surface area contributed by atoms with Gasteiger partial charge in [-0.1, -0.05) is 37.3 Å². The van der Waals surface area contributed by atoms with Gasteiger partial charge in [0.25, 0.3) is 0 Å². The maximum absolute atomic E-state index is 12.5. The number of piperidine rings is 1. The van der Waals surface area contributed by atoms with Gasteiger partial charge in [0.2, 0.25) is 5.91 Å². The lowest BCUT2D eigenvalue weighted by atomic mass is 9.92. The van der Waals surface area contributed by atoms with Gasteiger partial charge in [-0.15, -0.1) is 0 Å². The smallest absolute Gasteiger partial charge is 0.303 e. The third-order valence-electron chi connectivity index (χ3n) is 4.49. The normalized spacial score (nSPS) is 19.7. The number of nitrogens with zero attached hydrogens (tertiary/aromatic N) is 1. The van der Waals surface area contributed by atoms with Crippen LogP contribution in [0.15, 0.2) is 30.3 Å². The molecule has 1 heterocycles. The molecule has 0 saturated carbocycles. The number of hydrogen-bond donors (Lipinski definition) is 1. The van der Waals surface area contributed by atoms with Crippen LogP contribution in [0.2, 0.25) is 0 Å². The van der Waals surface area contributed by atoms with Crippen LogP contribution >= 0.6 is 0 Å². The fourth-order valence-corrected chi connectivity index (χ4v) is 3.15. The van der Waals surface area contributed by atoms with Crippen molar-refractivity contribution >= 4 is 11.9 Å². The number of carboxylic acid groups (broad SMARTS) is 1. The van der Waals surface area contributed by atoms with E-state index in [1.807, 2.05) is 23.1 Å². The molecule has 120 valence electrons. The Morgan fingerprint density at radius 1 is 1.32 bits per heavy atom. The van der Waals surface area contributed by atoms with Crippen LogP contribution in [0.25, 0.3) is 0 Å². The second kappa shape index (κ2) is 7.97. The standard InChI is InChI=1S/C18H25NO3/c1-14(16-7-3-2-4-8-16)12-17(20)19-11-5-6-15(13-19)9-10-18(21)22/h2-4,7-8,14-15H,5-6,9-13H2,1H3,(H,21,22)/t14-,15-/m1/s1. The van der Waals surface area contributed by atoms with Gasteiger partial charge in [-0.3, -0.25) is 9.59 Å². The first-order valence-corrected chi connectivity index (χ1v) is 8.10. The van der Waals surface area contributed by atoms with Crippen molar-refractivity contribution in [1.29, 1.82) is 0 Å². The Bertz CT molecular complexity index is 500. The predicted octanol–water partition coefficient (Wildman–Crippen LogP) is 3.28. The summed E-state index contributed by atoms with van der Waals surface area (Å²) in [6, 6.07) is 10.1. The Balaban J connectivity index is 1.85. The number of carbonyl (C=O) groups is 2. The summed E-state index contributed by atoms with van der Waals surface area (Å²) in [5.41, 5.74) is 1.19. The highest BCUT2D eigenvalue weighted by Crippen LogP contribution is 2.24. The molecule has 2 rings (SSSR count). The first-order chi connectivity index (χ1) is 10.6. The van der Waals surface area contributed by atoms with E-state index in [1.165, 1.54) is 5.56 Å². The summed E-state index contributed by atoms with van der Waals surface area (Å²) in [5.74, 6) is -0.00791. The molecule has 0 unspecified atom stereocenters. The van der Waals surface area contributed by atoms with Gasteiger partial charge in [-0.25, -0.2) is 0 Å². The molecule has 0 bridgehead atoms. The molecule has 0 aliphatic carbocycles. The van der Waals surface area contributed by atoms with Gasteiger partial charge in [-0.2, -0.15) is 0 Å². The monoisotopic (exact) mass is 303 g/mol. The average molecular weight is 303 g/mol. The van der Waals surface area contributed by atoms with Gasteiger partial charge in [0.1, 0.15) is 0 Å². The van der Waals surface area contributed by atoms with E-state index in [-0.39, 0.29) is 18.2 Å². The summed E-state index contributed by atoms with van der Waals surface area (Å²) < 4.78 is 0. The average Bonchev–Trinajstić information content (AvgIpc) is 2.54. The highest BCUT2D eigenvalue weighted by Gasteiger charge is 2.25. The Labute approximate surface area is 132 Å². The number of aliphatic carboxylic acids is 1. The lowest BCUT2D eigenvalue weighted by Crippen LogP contribution is -2.40. The summed E-state index contributed by atoms with van der Waals surface area (Å²) >= 11 is 0. The summed E-state index contributed by atoms with van der Waals surface area (Å²) in [6.07, 6.45) is 3.41. The van der Waals surface area contributed by atoms with E-state index < -0.39 is 5.97 Å². The van der Waals surface area contributed by atoms with Crippen molar-refractivity contribution in [1.82, 2.24) is 4.90 Å². The number of carbonyl (C=O) groups excluding carboxylic acids is 1. The van der Waals surface area contributed by atoms with Crippen molar-refractivity contribution in [3.8, 4) is 0 Å². The van der Waals surface area contributed by atoms with Crippen LogP contribution in [0.4, 0.5) is 0 Å². The fourth-order valence-electron chi connectivity index (χ4n) is 3.15. The zero-order valence-corrected chi connectivity index (χ0v) is 13.2. The second-order valence-electron chi connectivity index (χ2n) is 6.30. The molecule has 22 heavy (non-hydrogen) atoms. The molecule has 1 aromatic carbocycles. The topological polar surface area (TPSA) is 57.6 Å². The molecule has 1 aromatic rings. The predicted molar refractivity (Wildman–Crippen MR) is 85.6 cm³/mol. The number of likely N-dealkylation sites (tertiary alicyclic amines) is 1. The summed E-state index contributed by atoms with van der Waals surface area (Å²) in [4.78, 5) is 25.1. The number of rotatable bonds is 6. The van der Waals surface area contributed by atoms with Gasteiger partial charge in [0.15, 0.2) is 0 Å². The van der Waals surface area contributed by atoms with Crippen molar-refractivity contribution in [2.24, 2.45) is 5.92 Å². The van der Waals surface area contributed by atoms with E-state index in [9.17, 15) is 9.59 Å². The molecule has 2 atom stereocenters. The molecule has 1 amide bonds. The third kappa shape index (κ3) is 4.86. The van der Waals surface area contributed by atoms with Crippen molar-refractivity contribution in [2.45, 2.75) is 44.9 Å². The SMILES string of the molecule is C[C@H](CC(=O)N1CCC[C@H](CCC(=O)O)C1)c1ccccc1. The van der Waals surface area contributed by atoms with Gasteiger partial charge >= 0.3 is 5.97 Å². The van der Waals surface area contributed by atoms with E-state index in [4.69, 9.17) is 5.11 Å². The van der Waals surface area contributed by atoms with E-state index in [2.05, 4.69) is 19.1 Å². The van der Waals surface area contributed by atoms with Crippen molar-refractivity contribution < 1.29 is 14.7 Å². The quantitative estimate of drug-likeness (QED) is 0.877. The lowest BCUT2D eigenvalue weighted by Gasteiger charge is -2.33. The Morgan fingerprint density at radius 2 is 2.05 bits per heavy atom. The van der Waals surface area contributed by atoms with Crippen molar-refractivity contribution in [3.63, 3.8) is 0 Å². The molecule has 1 aliphatic heterocycles. The summed E-state index contributed by atoms with van der Waals surface area (Å²) in [7, 11) is 0. The molecule has 4 nitrogen and oxygen atoms in total. The molecule has 4 heteroatoms. The van der Waals surface area contributed by atoms with Crippen LogP contribution in [0.3, 0.4) is 0 Å². The third-order valence-corrected chi connectivity index (χ3v) is 4.49. The second-order valence-corrected chi connectivity index (χ2v) is 6.30. The molecule has 0 radical (unpaired) electrons. The molecular weight excluding hydrogens is 278 g/mol. The maximum atomic E-state index is 12.5. The minimum Gasteiger partial charge on any atom is -0.481 e. The molecule has 0 aromatic heterocycles. The minimum absolute atomic E-state index is 0.191. The van der Waals surface area contributed by atoms with Gasteiger partial charge in [-0.05, 0) is 36.7 Å². The Kier molecular flexibility index (Phi) is 5.99. The summed E-state index contributed by atoms with van der Waals surface area (Å²) in [6.45, 7) is 3.61. The maximum Gasteiger partial charge on any atom is 0.303 e. The van der Waals surface area contributed by atoms with Crippen LogP contribution in [0, 0.1) is 5.92 Å². The van der Waals surface area contributed by atoms with E-state index in [0.29, 0.717) is 25.3 Å². The Morgan fingerprint density at radius 3 is 2.73 bits per heavy atom. The molecule has 1 N–H and O–H groups in total. The number of benzene rings is 1. The fraction of sp³-hybridized carbons (Fsp3) is 0.556. The zero-order valence-electron chi connectivity index (χ0n) is 13.2. The van der Waals surface area contributed by atoms with Gasteiger partial charge in [0.05, 0.1) is 0 Å². The summed E-state index contributed by atoms with van der Waals surface area (Å²) in [5, 5.41) is 8.78. The molecule has 1 fully saturated rings. The Hall–Kier alpha value is -1.84. The minimum atomic E-state index is -0.749. The number of carboxylic acids is 1. The molecule has 1 saturated heterocycles. The van der Waals surface area contributed by atoms with Gasteiger partial charge < -0.3 is 10.0 Å². The van der Waals surface area contributed by atoms with E-state index >= 15 is 0 Å². The lowest BCUT2D eigenvalue weighted by molar-refractivity contribution is -0.137. The van der Waals surface area contributed by atoms with Crippen LogP contribution in [-0.4, -0.2) is 35.0 Å². The first-order valence-electron chi connectivity index (χ1n) is 8.10.